The third-order valence-corrected chi connectivity index (χ3v) is 2.11. The summed E-state index contributed by atoms with van der Waals surface area (Å²) in [5.74, 6) is 0. The number of halogens is 1. The molecule has 0 amide bonds. The largest absolute Gasteiger partial charge is 0.265 e. The van der Waals surface area contributed by atoms with E-state index in [1.54, 1.807) is 12.4 Å². The van der Waals surface area contributed by atoms with Crippen LogP contribution in [0.15, 0.2) is 24.5 Å². The van der Waals surface area contributed by atoms with Crippen LogP contribution in [0.1, 0.15) is 18.9 Å². The zero-order valence-electron chi connectivity index (χ0n) is 6.63. The van der Waals surface area contributed by atoms with Crippen molar-refractivity contribution in [2.45, 2.75) is 25.1 Å². The molecular formula is C9H12ClN. The van der Waals surface area contributed by atoms with E-state index in [4.69, 9.17) is 11.6 Å². The maximum Gasteiger partial charge on any atom is 0.0373 e. The van der Waals surface area contributed by atoms with Gasteiger partial charge in [0.25, 0.3) is 0 Å². The van der Waals surface area contributed by atoms with Crippen LogP contribution in [-0.2, 0) is 6.42 Å². The lowest BCUT2D eigenvalue weighted by atomic mass is 10.1. The van der Waals surface area contributed by atoms with Crippen molar-refractivity contribution < 1.29 is 0 Å². The lowest BCUT2D eigenvalue weighted by Gasteiger charge is -2.04. The summed E-state index contributed by atoms with van der Waals surface area (Å²) in [5, 5.41) is 0.261. The Kier molecular flexibility index (Phi) is 3.37. The predicted molar refractivity (Wildman–Crippen MR) is 47.9 cm³/mol. The second kappa shape index (κ2) is 4.35. The molecule has 60 valence electrons. The van der Waals surface area contributed by atoms with Gasteiger partial charge in [-0.25, -0.2) is 0 Å². The highest BCUT2D eigenvalue weighted by Crippen LogP contribution is 2.09. The van der Waals surface area contributed by atoms with Gasteiger partial charge in [-0.1, -0.05) is 6.92 Å². The van der Waals surface area contributed by atoms with Crippen LogP contribution in [-0.4, -0.2) is 10.4 Å². The molecule has 1 unspecified atom stereocenters. The van der Waals surface area contributed by atoms with Crippen molar-refractivity contribution in [3.63, 3.8) is 0 Å². The molecule has 0 radical (unpaired) electrons. The Morgan fingerprint density at radius 1 is 1.45 bits per heavy atom. The Hall–Kier alpha value is -0.560. The fourth-order valence-electron chi connectivity index (χ4n) is 0.919. The Morgan fingerprint density at radius 3 is 2.64 bits per heavy atom. The average molecular weight is 170 g/mol. The number of hydrogen-bond donors (Lipinski definition) is 0. The zero-order valence-corrected chi connectivity index (χ0v) is 7.38. The summed E-state index contributed by atoms with van der Waals surface area (Å²) in [6.07, 6.45) is 5.56. The topological polar surface area (TPSA) is 12.9 Å². The van der Waals surface area contributed by atoms with Gasteiger partial charge in [-0.15, -0.1) is 11.6 Å². The summed E-state index contributed by atoms with van der Waals surface area (Å²) >= 11 is 5.98. The van der Waals surface area contributed by atoms with Crippen molar-refractivity contribution in [1.82, 2.24) is 4.98 Å². The van der Waals surface area contributed by atoms with E-state index in [1.807, 2.05) is 12.1 Å². The van der Waals surface area contributed by atoms with Crippen LogP contribution in [0.25, 0.3) is 0 Å². The van der Waals surface area contributed by atoms with Crippen LogP contribution in [0.2, 0.25) is 0 Å². The van der Waals surface area contributed by atoms with Crippen LogP contribution in [0.4, 0.5) is 0 Å². The number of aromatic nitrogens is 1. The van der Waals surface area contributed by atoms with Crippen molar-refractivity contribution in [3.8, 4) is 0 Å². The van der Waals surface area contributed by atoms with E-state index in [0.29, 0.717) is 0 Å². The van der Waals surface area contributed by atoms with E-state index in [1.165, 1.54) is 5.56 Å². The molecule has 0 aliphatic rings. The molecule has 0 saturated heterocycles. The summed E-state index contributed by atoms with van der Waals surface area (Å²) in [4.78, 5) is 3.94. The first kappa shape index (κ1) is 8.54. The van der Waals surface area contributed by atoms with Gasteiger partial charge in [-0.2, -0.15) is 0 Å². The third-order valence-electron chi connectivity index (χ3n) is 1.65. The molecule has 1 nitrogen and oxygen atoms in total. The quantitative estimate of drug-likeness (QED) is 0.634. The number of nitrogens with zero attached hydrogens (tertiary/aromatic N) is 1. The summed E-state index contributed by atoms with van der Waals surface area (Å²) in [7, 11) is 0. The van der Waals surface area contributed by atoms with E-state index in [9.17, 15) is 0 Å². The average Bonchev–Trinajstić information content (AvgIpc) is 2.06. The highest BCUT2D eigenvalue weighted by Gasteiger charge is 2.01. The molecule has 0 aromatic carbocycles. The Bertz CT molecular complexity index is 198. The maximum absolute atomic E-state index is 5.98. The Morgan fingerprint density at radius 2 is 2.09 bits per heavy atom. The van der Waals surface area contributed by atoms with Crippen molar-refractivity contribution in [2.75, 3.05) is 0 Å². The second-order valence-corrected chi connectivity index (χ2v) is 3.18. The molecular weight excluding hydrogens is 158 g/mol. The second-order valence-electron chi connectivity index (χ2n) is 2.57. The monoisotopic (exact) mass is 169 g/mol. The molecule has 0 spiro atoms. The van der Waals surface area contributed by atoms with Crippen molar-refractivity contribution >= 4 is 11.6 Å². The van der Waals surface area contributed by atoms with Gasteiger partial charge in [0, 0.05) is 17.8 Å². The molecule has 1 aromatic heterocycles. The predicted octanol–water partition coefficient (Wildman–Crippen LogP) is 2.64. The third kappa shape index (κ3) is 2.89. The molecule has 0 N–H and O–H groups in total. The number of hydrogen-bond acceptors (Lipinski definition) is 1. The molecule has 1 heterocycles. The molecule has 1 aromatic rings. The van der Waals surface area contributed by atoms with Crippen LogP contribution in [0.3, 0.4) is 0 Å². The normalized spacial score (nSPS) is 12.9. The summed E-state index contributed by atoms with van der Waals surface area (Å²) in [5.41, 5.74) is 1.27. The lowest BCUT2D eigenvalue weighted by molar-refractivity contribution is 0.804. The van der Waals surface area contributed by atoms with E-state index >= 15 is 0 Å². The van der Waals surface area contributed by atoms with E-state index in [-0.39, 0.29) is 5.38 Å². The van der Waals surface area contributed by atoms with Gasteiger partial charge < -0.3 is 0 Å². The van der Waals surface area contributed by atoms with Crippen LogP contribution in [0, 0.1) is 0 Å². The highest BCUT2D eigenvalue weighted by molar-refractivity contribution is 6.20. The van der Waals surface area contributed by atoms with Gasteiger partial charge in [-0.3, -0.25) is 4.98 Å². The van der Waals surface area contributed by atoms with Crippen LogP contribution in [0.5, 0.6) is 0 Å². The minimum absolute atomic E-state index is 0.261. The maximum atomic E-state index is 5.98. The lowest BCUT2D eigenvalue weighted by Crippen LogP contribution is -2.00. The van der Waals surface area contributed by atoms with Gasteiger partial charge in [0.2, 0.25) is 0 Å². The molecule has 2 heteroatoms. The first-order chi connectivity index (χ1) is 5.33. The summed E-state index contributed by atoms with van der Waals surface area (Å²) in [6.45, 7) is 2.10. The molecule has 1 atom stereocenters. The van der Waals surface area contributed by atoms with Gasteiger partial charge in [0.05, 0.1) is 0 Å². The zero-order chi connectivity index (χ0) is 8.10. The van der Waals surface area contributed by atoms with Crippen molar-refractivity contribution in [2.24, 2.45) is 0 Å². The summed E-state index contributed by atoms with van der Waals surface area (Å²) in [6, 6.07) is 4.01. The van der Waals surface area contributed by atoms with E-state index in [2.05, 4.69) is 11.9 Å². The van der Waals surface area contributed by atoms with Crippen LogP contribution >= 0.6 is 11.6 Å². The number of pyridine rings is 1. The molecule has 0 fully saturated rings. The molecule has 11 heavy (non-hydrogen) atoms. The van der Waals surface area contributed by atoms with Gasteiger partial charge in [0.15, 0.2) is 0 Å². The Balaban J connectivity index is 2.51. The van der Waals surface area contributed by atoms with E-state index < -0.39 is 0 Å². The van der Waals surface area contributed by atoms with Gasteiger partial charge >= 0.3 is 0 Å². The minimum Gasteiger partial charge on any atom is -0.265 e. The van der Waals surface area contributed by atoms with Crippen molar-refractivity contribution in [3.05, 3.63) is 30.1 Å². The SMILES string of the molecule is CCC(Cl)Cc1ccncc1. The smallest absolute Gasteiger partial charge is 0.0373 e. The summed E-state index contributed by atoms with van der Waals surface area (Å²) < 4.78 is 0. The molecule has 0 saturated carbocycles. The standard InChI is InChI=1S/C9H12ClN/c1-2-9(10)7-8-3-5-11-6-4-8/h3-6,9H,2,7H2,1H3. The molecule has 0 bridgehead atoms. The molecule has 0 aliphatic carbocycles. The number of rotatable bonds is 3. The molecule has 0 aliphatic heterocycles. The highest BCUT2D eigenvalue weighted by atomic mass is 35.5. The van der Waals surface area contributed by atoms with E-state index in [0.717, 1.165) is 12.8 Å². The van der Waals surface area contributed by atoms with Crippen molar-refractivity contribution in [1.29, 1.82) is 0 Å². The Labute approximate surface area is 72.4 Å². The first-order valence-electron chi connectivity index (χ1n) is 3.86. The fraction of sp³-hybridized carbons (Fsp3) is 0.444. The van der Waals surface area contributed by atoms with Gasteiger partial charge in [-0.05, 0) is 30.5 Å². The molecule has 1 rings (SSSR count). The number of alkyl halides is 1. The fourth-order valence-corrected chi connectivity index (χ4v) is 1.10. The minimum atomic E-state index is 0.261. The van der Waals surface area contributed by atoms with Gasteiger partial charge in [0.1, 0.15) is 0 Å². The van der Waals surface area contributed by atoms with Crippen LogP contribution < -0.4 is 0 Å². The first-order valence-corrected chi connectivity index (χ1v) is 4.29.